The molecule has 3 aromatic rings. The third-order valence-electron chi connectivity index (χ3n) is 3.45. The number of nitrogen functional groups attached to an aromatic ring is 1. The van der Waals surface area contributed by atoms with Crippen LogP contribution in [0, 0.1) is 23.0 Å². The Kier molecular flexibility index (Phi) is 3.73. The topological polar surface area (TPSA) is 62.7 Å². The lowest BCUT2D eigenvalue weighted by molar-refractivity contribution is 0.585. The zero-order chi connectivity index (χ0) is 16.4. The number of hydrogen-bond acceptors (Lipinski definition) is 3. The molecule has 0 radical (unpaired) electrons. The molecule has 0 fully saturated rings. The summed E-state index contributed by atoms with van der Waals surface area (Å²) in [5.74, 6) is -1.44. The van der Waals surface area contributed by atoms with Crippen LogP contribution in [0.1, 0.15) is 5.56 Å². The summed E-state index contributed by atoms with van der Waals surface area (Å²) in [7, 11) is 0. The summed E-state index contributed by atoms with van der Waals surface area (Å²) in [4.78, 5) is 4.21. The van der Waals surface area contributed by atoms with Crippen LogP contribution < -0.4 is 5.73 Å². The lowest BCUT2D eigenvalue weighted by Gasteiger charge is -2.11. The average Bonchev–Trinajstić information content (AvgIpc) is 2.55. The molecular formula is C18H11F2N3. The van der Waals surface area contributed by atoms with Crippen molar-refractivity contribution in [2.75, 3.05) is 5.73 Å². The summed E-state index contributed by atoms with van der Waals surface area (Å²) in [5, 5.41) is 9.30. The molecule has 0 bridgehead atoms. The number of anilines is 1. The van der Waals surface area contributed by atoms with Gasteiger partial charge in [0.15, 0.2) is 0 Å². The van der Waals surface area contributed by atoms with Crippen molar-refractivity contribution in [1.82, 2.24) is 4.98 Å². The van der Waals surface area contributed by atoms with E-state index in [0.29, 0.717) is 5.69 Å². The van der Waals surface area contributed by atoms with Crippen molar-refractivity contribution in [2.45, 2.75) is 0 Å². The highest BCUT2D eigenvalue weighted by atomic mass is 19.1. The Morgan fingerprint density at radius 3 is 2.35 bits per heavy atom. The molecule has 3 nitrogen and oxygen atoms in total. The molecule has 5 heteroatoms. The van der Waals surface area contributed by atoms with E-state index in [-0.39, 0.29) is 22.5 Å². The van der Waals surface area contributed by atoms with Crippen LogP contribution in [0.3, 0.4) is 0 Å². The molecule has 112 valence electrons. The van der Waals surface area contributed by atoms with E-state index < -0.39 is 11.6 Å². The van der Waals surface area contributed by atoms with Gasteiger partial charge < -0.3 is 5.73 Å². The second-order valence-electron chi connectivity index (χ2n) is 4.92. The number of aromatic nitrogens is 1. The van der Waals surface area contributed by atoms with E-state index in [4.69, 9.17) is 5.73 Å². The Balaban J connectivity index is 2.27. The molecule has 3 rings (SSSR count). The molecule has 0 unspecified atom stereocenters. The fraction of sp³-hybridized carbons (Fsp3) is 0. The van der Waals surface area contributed by atoms with Crippen molar-refractivity contribution < 1.29 is 8.78 Å². The first kappa shape index (κ1) is 14.7. The van der Waals surface area contributed by atoms with Crippen molar-refractivity contribution in [1.29, 1.82) is 5.26 Å². The van der Waals surface area contributed by atoms with Crippen molar-refractivity contribution in [2.24, 2.45) is 0 Å². The average molecular weight is 307 g/mol. The predicted octanol–water partition coefficient (Wildman–Crippen LogP) is 4.15. The maximum Gasteiger partial charge on any atom is 0.142 e. The monoisotopic (exact) mass is 307 g/mol. The SMILES string of the molecule is N#Cc1c(-c2ccc(F)cc2F)cc(-c2ccccc2)nc1N. The molecule has 2 aromatic carbocycles. The minimum absolute atomic E-state index is 0.00702. The third-order valence-corrected chi connectivity index (χ3v) is 3.45. The quantitative estimate of drug-likeness (QED) is 0.773. The van der Waals surface area contributed by atoms with Crippen LogP contribution in [0.15, 0.2) is 54.6 Å². The van der Waals surface area contributed by atoms with E-state index in [0.717, 1.165) is 17.7 Å². The molecule has 0 saturated carbocycles. The van der Waals surface area contributed by atoms with Crippen LogP contribution in [0.2, 0.25) is 0 Å². The smallest absolute Gasteiger partial charge is 0.142 e. The highest BCUT2D eigenvalue weighted by molar-refractivity contribution is 5.80. The normalized spacial score (nSPS) is 10.3. The third kappa shape index (κ3) is 2.74. The zero-order valence-corrected chi connectivity index (χ0v) is 11.9. The fourth-order valence-electron chi connectivity index (χ4n) is 2.36. The molecule has 0 aliphatic rings. The summed E-state index contributed by atoms with van der Waals surface area (Å²) in [6.07, 6.45) is 0. The number of halogens is 2. The summed E-state index contributed by atoms with van der Waals surface area (Å²) in [6.45, 7) is 0. The minimum Gasteiger partial charge on any atom is -0.383 e. The summed E-state index contributed by atoms with van der Waals surface area (Å²) in [5.41, 5.74) is 7.62. The maximum atomic E-state index is 14.1. The van der Waals surface area contributed by atoms with Crippen LogP contribution in [-0.4, -0.2) is 4.98 Å². The number of pyridine rings is 1. The van der Waals surface area contributed by atoms with Gasteiger partial charge in [-0.2, -0.15) is 5.26 Å². The van der Waals surface area contributed by atoms with Crippen LogP contribution >= 0.6 is 0 Å². The highest BCUT2D eigenvalue weighted by Crippen LogP contribution is 2.32. The Bertz CT molecular complexity index is 916. The van der Waals surface area contributed by atoms with Gasteiger partial charge in [-0.3, -0.25) is 0 Å². The summed E-state index contributed by atoms with van der Waals surface area (Å²) >= 11 is 0. The number of nitrogens with two attached hydrogens (primary N) is 1. The molecule has 0 saturated heterocycles. The van der Waals surface area contributed by atoms with E-state index in [1.165, 1.54) is 6.07 Å². The lowest BCUT2D eigenvalue weighted by Crippen LogP contribution is -2.00. The van der Waals surface area contributed by atoms with E-state index in [1.807, 2.05) is 36.4 Å². The molecule has 1 aromatic heterocycles. The first-order valence-electron chi connectivity index (χ1n) is 6.81. The zero-order valence-electron chi connectivity index (χ0n) is 11.9. The molecule has 0 spiro atoms. The van der Waals surface area contributed by atoms with Crippen molar-refractivity contribution in [3.8, 4) is 28.5 Å². The van der Waals surface area contributed by atoms with Crippen molar-refractivity contribution in [3.05, 3.63) is 71.8 Å². The molecule has 0 aliphatic heterocycles. The Morgan fingerprint density at radius 1 is 0.957 bits per heavy atom. The number of rotatable bonds is 2. The number of nitriles is 1. The summed E-state index contributed by atoms with van der Waals surface area (Å²) in [6, 6.07) is 15.9. The molecule has 0 aliphatic carbocycles. The number of hydrogen-bond donors (Lipinski definition) is 1. The van der Waals surface area contributed by atoms with Gasteiger partial charge in [-0.05, 0) is 18.2 Å². The molecule has 23 heavy (non-hydrogen) atoms. The van der Waals surface area contributed by atoms with Crippen LogP contribution in [0.5, 0.6) is 0 Å². The van der Waals surface area contributed by atoms with Gasteiger partial charge in [0.2, 0.25) is 0 Å². The Labute approximate surface area is 131 Å². The molecule has 1 heterocycles. The second-order valence-corrected chi connectivity index (χ2v) is 4.92. The van der Waals surface area contributed by atoms with Gasteiger partial charge >= 0.3 is 0 Å². The van der Waals surface area contributed by atoms with Gasteiger partial charge in [0.05, 0.1) is 5.69 Å². The van der Waals surface area contributed by atoms with Crippen LogP contribution in [0.4, 0.5) is 14.6 Å². The van der Waals surface area contributed by atoms with Gasteiger partial charge in [0.25, 0.3) is 0 Å². The van der Waals surface area contributed by atoms with E-state index in [2.05, 4.69) is 4.98 Å². The fourth-order valence-corrected chi connectivity index (χ4v) is 2.36. The van der Waals surface area contributed by atoms with E-state index in [1.54, 1.807) is 6.07 Å². The summed E-state index contributed by atoms with van der Waals surface area (Å²) < 4.78 is 27.2. The molecular weight excluding hydrogens is 296 g/mol. The van der Waals surface area contributed by atoms with Crippen molar-refractivity contribution in [3.63, 3.8) is 0 Å². The first-order chi connectivity index (χ1) is 11.1. The van der Waals surface area contributed by atoms with E-state index in [9.17, 15) is 14.0 Å². The second kappa shape index (κ2) is 5.85. The maximum absolute atomic E-state index is 14.1. The Morgan fingerprint density at radius 2 is 1.70 bits per heavy atom. The predicted molar refractivity (Wildman–Crippen MR) is 84.2 cm³/mol. The minimum atomic E-state index is -0.758. The highest BCUT2D eigenvalue weighted by Gasteiger charge is 2.16. The lowest BCUT2D eigenvalue weighted by atomic mass is 9.98. The van der Waals surface area contributed by atoms with Gasteiger partial charge in [-0.25, -0.2) is 13.8 Å². The van der Waals surface area contributed by atoms with Gasteiger partial charge in [-0.1, -0.05) is 30.3 Å². The first-order valence-corrected chi connectivity index (χ1v) is 6.81. The molecule has 0 amide bonds. The van der Waals surface area contributed by atoms with Gasteiger partial charge in [-0.15, -0.1) is 0 Å². The van der Waals surface area contributed by atoms with Crippen molar-refractivity contribution >= 4 is 5.82 Å². The Hall–Kier alpha value is -3.26. The van der Waals surface area contributed by atoms with Gasteiger partial charge in [0, 0.05) is 22.8 Å². The van der Waals surface area contributed by atoms with E-state index >= 15 is 0 Å². The van der Waals surface area contributed by atoms with Crippen LogP contribution in [0.25, 0.3) is 22.4 Å². The molecule has 2 N–H and O–H groups in total. The van der Waals surface area contributed by atoms with Crippen LogP contribution in [-0.2, 0) is 0 Å². The largest absolute Gasteiger partial charge is 0.383 e. The van der Waals surface area contributed by atoms with Gasteiger partial charge in [0.1, 0.15) is 29.1 Å². The standard InChI is InChI=1S/C18H11F2N3/c19-12-6-7-13(16(20)8-12)14-9-17(11-4-2-1-3-5-11)23-18(22)15(14)10-21/h1-9H,(H2,22,23). The number of benzene rings is 2. The molecule has 0 atom stereocenters. The number of nitrogens with zero attached hydrogens (tertiary/aromatic N) is 2.